The Balaban J connectivity index is 1.34. The fraction of sp³-hybridized carbons (Fsp3) is 0.583. The van der Waals surface area contributed by atoms with Gasteiger partial charge in [-0.3, -0.25) is 29.2 Å². The number of hydrogen-bond acceptors (Lipinski definition) is 11. The second kappa shape index (κ2) is 19.6. The zero-order valence-electron chi connectivity index (χ0n) is 38.2. The van der Waals surface area contributed by atoms with E-state index in [-0.39, 0.29) is 37.0 Å². The van der Waals surface area contributed by atoms with Gasteiger partial charge in [0, 0.05) is 78.9 Å². The van der Waals surface area contributed by atoms with Crippen molar-refractivity contribution in [1.29, 1.82) is 0 Å². The van der Waals surface area contributed by atoms with Crippen LogP contribution in [0.5, 0.6) is 0 Å². The number of benzene rings is 1. The molecule has 1 saturated carbocycles. The summed E-state index contributed by atoms with van der Waals surface area (Å²) in [6.45, 7) is 20.9. The fourth-order valence-corrected chi connectivity index (χ4v) is 10.6. The lowest BCUT2D eigenvalue weighted by Gasteiger charge is -2.37. The van der Waals surface area contributed by atoms with Crippen molar-refractivity contribution in [2.75, 3.05) is 40.0 Å². The van der Waals surface area contributed by atoms with Gasteiger partial charge in [-0.15, -0.1) is 11.3 Å². The van der Waals surface area contributed by atoms with Gasteiger partial charge in [-0.2, -0.15) is 0 Å². The molecule has 63 heavy (non-hydrogen) atoms. The number of fused-ring (bicyclic) bond motifs is 6. The average Bonchev–Trinajstić information content (AvgIpc) is 3.57. The van der Waals surface area contributed by atoms with Gasteiger partial charge in [0.2, 0.25) is 11.8 Å². The molecule has 1 aromatic carbocycles. The molecular formula is C48H65N7O7S. The molecule has 6 bridgehead atoms. The van der Waals surface area contributed by atoms with E-state index < -0.39 is 47.3 Å². The van der Waals surface area contributed by atoms with Crippen molar-refractivity contribution >= 4 is 57.7 Å². The number of aromatic nitrogens is 2. The van der Waals surface area contributed by atoms with Gasteiger partial charge < -0.3 is 29.0 Å². The number of aliphatic imine (C=N–C) groups is 1. The predicted octanol–water partition coefficient (Wildman–Crippen LogP) is 6.89. The molecule has 2 N–H and O–H groups in total. The molecule has 14 nitrogen and oxygen atoms in total. The molecule has 2 aromatic heterocycles. The maximum Gasteiger partial charge on any atom is 0.324 e. The quantitative estimate of drug-likeness (QED) is 0.119. The van der Waals surface area contributed by atoms with Crippen LogP contribution in [0.3, 0.4) is 0 Å². The molecule has 7 rings (SSSR count). The Kier molecular flexibility index (Phi) is 14.4. The van der Waals surface area contributed by atoms with Gasteiger partial charge in [-0.25, -0.2) is 10.4 Å². The summed E-state index contributed by atoms with van der Waals surface area (Å²) in [4.78, 5) is 68.4. The van der Waals surface area contributed by atoms with Gasteiger partial charge in [0.05, 0.1) is 41.6 Å². The predicted molar refractivity (Wildman–Crippen MR) is 246 cm³/mol. The number of allylic oxidation sites excluding steroid dienone is 2. The van der Waals surface area contributed by atoms with Crippen molar-refractivity contribution in [3.05, 3.63) is 58.2 Å². The number of nitrogens with one attached hydrogen (secondary N) is 2. The summed E-state index contributed by atoms with van der Waals surface area (Å²) in [5, 5.41) is 7.97. The first-order valence-corrected chi connectivity index (χ1v) is 23.6. The summed E-state index contributed by atoms with van der Waals surface area (Å²) in [6, 6.07) is 4.32. The van der Waals surface area contributed by atoms with Crippen molar-refractivity contribution < 1.29 is 33.4 Å². The third-order valence-electron chi connectivity index (χ3n) is 13.1. The van der Waals surface area contributed by atoms with E-state index in [0.29, 0.717) is 56.1 Å². The number of piperidine rings is 1. The Morgan fingerprint density at radius 3 is 2.59 bits per heavy atom. The maximum atomic E-state index is 14.8. The first-order valence-electron chi connectivity index (χ1n) is 22.7. The molecule has 0 spiro atoms. The minimum absolute atomic E-state index is 0.00393. The van der Waals surface area contributed by atoms with Crippen LogP contribution in [0.2, 0.25) is 0 Å². The van der Waals surface area contributed by atoms with Crippen molar-refractivity contribution in [1.82, 2.24) is 30.2 Å². The topological polar surface area (TPSA) is 157 Å². The van der Waals surface area contributed by atoms with E-state index in [0.717, 1.165) is 58.3 Å². The zero-order chi connectivity index (χ0) is 45.2. The first kappa shape index (κ1) is 46.3. The molecule has 3 fully saturated rings. The number of rotatable bonds is 11. The van der Waals surface area contributed by atoms with Crippen LogP contribution < -0.4 is 10.7 Å². The van der Waals surface area contributed by atoms with Gasteiger partial charge in [0.1, 0.15) is 23.2 Å². The molecule has 3 aromatic rings. The molecule has 0 radical (unpaired) electrons. The molecule has 2 saturated heterocycles. The van der Waals surface area contributed by atoms with Crippen LogP contribution in [0.4, 0.5) is 0 Å². The fourth-order valence-electron chi connectivity index (χ4n) is 9.67. The Hall–Kier alpha value is -4.70. The number of cyclic esters (lactones) is 1. The Labute approximate surface area is 375 Å². The summed E-state index contributed by atoms with van der Waals surface area (Å²) < 4.78 is 20.6. The number of nitrogens with zero attached hydrogens (tertiary/aromatic N) is 5. The monoisotopic (exact) mass is 883 g/mol. The van der Waals surface area contributed by atoms with Gasteiger partial charge in [-0.05, 0) is 89.8 Å². The number of hydrogen-bond donors (Lipinski definition) is 2. The van der Waals surface area contributed by atoms with Gasteiger partial charge in [0.25, 0.3) is 5.91 Å². The van der Waals surface area contributed by atoms with E-state index in [1.54, 1.807) is 13.3 Å². The number of carbonyl (C=O) groups is 4. The number of methoxy groups -OCH3 is 1. The van der Waals surface area contributed by atoms with Gasteiger partial charge >= 0.3 is 5.97 Å². The summed E-state index contributed by atoms with van der Waals surface area (Å²) in [6.07, 6.45) is 6.90. The van der Waals surface area contributed by atoms with Crippen molar-refractivity contribution in [2.24, 2.45) is 28.2 Å². The van der Waals surface area contributed by atoms with Gasteiger partial charge in [0.15, 0.2) is 0 Å². The molecule has 1 aliphatic carbocycles. The van der Waals surface area contributed by atoms with Crippen LogP contribution in [0.15, 0.2) is 46.9 Å². The normalized spacial score (nSPS) is 26.2. The molecule has 340 valence electrons. The van der Waals surface area contributed by atoms with E-state index in [2.05, 4.69) is 60.9 Å². The van der Waals surface area contributed by atoms with Crippen molar-refractivity contribution in [3.63, 3.8) is 0 Å². The van der Waals surface area contributed by atoms with E-state index in [4.69, 9.17) is 24.2 Å². The second-order valence-electron chi connectivity index (χ2n) is 18.1. The zero-order valence-corrected chi connectivity index (χ0v) is 39.0. The summed E-state index contributed by atoms with van der Waals surface area (Å²) in [7, 11) is 1.67. The summed E-state index contributed by atoms with van der Waals surface area (Å²) in [5.74, 6) is -2.47. The largest absolute Gasteiger partial charge is 0.464 e. The molecular weight excluding hydrogens is 819 g/mol. The third kappa shape index (κ3) is 9.43. The summed E-state index contributed by atoms with van der Waals surface area (Å²) in [5.41, 5.74) is 8.85. The minimum atomic E-state index is -1.20. The number of likely N-dealkylation sites (tertiary alicyclic amines) is 1. The van der Waals surface area contributed by atoms with Crippen LogP contribution in [0.1, 0.15) is 103 Å². The molecule has 15 heteroatoms. The maximum absolute atomic E-state index is 14.8. The highest BCUT2D eigenvalue weighted by Gasteiger charge is 2.58. The van der Waals surface area contributed by atoms with Crippen LogP contribution in [0, 0.1) is 23.2 Å². The highest BCUT2D eigenvalue weighted by molar-refractivity contribution is 7.10. The van der Waals surface area contributed by atoms with Gasteiger partial charge in [-0.1, -0.05) is 39.5 Å². The molecule has 5 heterocycles. The smallest absolute Gasteiger partial charge is 0.324 e. The van der Waals surface area contributed by atoms with Crippen LogP contribution in [-0.2, 0) is 46.4 Å². The molecule has 0 unspecified atom stereocenters. The van der Waals surface area contributed by atoms with E-state index in [9.17, 15) is 19.2 Å². The number of esters is 1. The Morgan fingerprint density at radius 2 is 1.90 bits per heavy atom. The molecule has 4 aliphatic rings. The Bertz CT molecular complexity index is 2270. The molecule has 3 amide bonds. The van der Waals surface area contributed by atoms with E-state index in [1.165, 1.54) is 16.3 Å². The number of carbonyl (C=O) groups excluding carboxylic acids is 4. The average molecular weight is 884 g/mol. The number of thiazole rings is 1. The molecule has 7 atom stereocenters. The SMILES string of the molecule is C=C/C(=C(\N=CC)[C@H](C)OC)c1c2c3cc(ccc3n1CC)-c1csc(n1)[C@@H](OCC)[C@H](NC(=O)[C@@H]1[C@@H](C)[C@H]1C(=O)N1CCCCC1)C(=O)N1CCC[C@H](N1)C(=O)OCC(C)(C)C2. The third-order valence-corrected chi connectivity index (χ3v) is 14.0. The number of amides is 3. The lowest BCUT2D eigenvalue weighted by atomic mass is 9.84. The van der Waals surface area contributed by atoms with E-state index >= 15 is 0 Å². The lowest BCUT2D eigenvalue weighted by Crippen LogP contribution is -2.61. The number of aryl methyl sites for hydroxylation is 1. The second-order valence-corrected chi connectivity index (χ2v) is 19.0. The van der Waals surface area contributed by atoms with Crippen LogP contribution in [-0.4, -0.2) is 108 Å². The number of hydrazine groups is 1. The minimum Gasteiger partial charge on any atom is -0.464 e. The Morgan fingerprint density at radius 1 is 1.14 bits per heavy atom. The first-order chi connectivity index (χ1) is 30.3. The molecule has 3 aliphatic heterocycles. The highest BCUT2D eigenvalue weighted by Crippen LogP contribution is 2.48. The standard InChI is InChI=1S/C48H65N7O7S/c1-10-31(39(49-11-2)29(6)60-9)41-33-25-48(7,8)27-62-47(59)34-18-17-23-55(52-34)46(58)40(51-43(56)37-28(5)38(37)45(57)53-21-15-14-16-22-53)42(61-13-4)44-50-35(26-63-44)30-19-20-36(32(33)24-30)54(41)12-3/h10-11,19-20,24,26,28-29,34,37-38,40,42,52H,1,12-18,21-23,25,27H2,2-9H3,(H,51,56)/b39-31+,49-11?/t28-,29+,34+,37-,38-,40+,42+/m1/s1. The van der Waals surface area contributed by atoms with Crippen LogP contribution in [0.25, 0.3) is 27.7 Å². The number of ether oxygens (including phenoxy) is 3. The van der Waals surface area contributed by atoms with Crippen molar-refractivity contribution in [3.8, 4) is 11.3 Å². The highest BCUT2D eigenvalue weighted by atomic mass is 32.1. The summed E-state index contributed by atoms with van der Waals surface area (Å²) >= 11 is 1.36. The van der Waals surface area contributed by atoms with E-state index in [1.807, 2.05) is 44.1 Å². The van der Waals surface area contributed by atoms with Crippen molar-refractivity contribution in [2.45, 2.75) is 118 Å². The van der Waals surface area contributed by atoms with Crippen LogP contribution >= 0.6 is 11.3 Å². The lowest BCUT2D eigenvalue weighted by molar-refractivity contribution is -0.156.